The molecule has 0 saturated carbocycles. The van der Waals surface area contributed by atoms with Gasteiger partial charge in [0.1, 0.15) is 10.6 Å². The zero-order chi connectivity index (χ0) is 15.6. The van der Waals surface area contributed by atoms with Crippen molar-refractivity contribution in [2.24, 2.45) is 0 Å². The van der Waals surface area contributed by atoms with Gasteiger partial charge in [0, 0.05) is 0 Å². The lowest BCUT2D eigenvalue weighted by atomic mass is 10.1. The molecule has 0 radical (unpaired) electrons. The molecule has 0 unspecified atom stereocenters. The maximum atomic E-state index is 12.4. The molecule has 6 heteroatoms. The highest BCUT2D eigenvalue weighted by molar-refractivity contribution is 9.10. The Labute approximate surface area is 133 Å². The van der Waals surface area contributed by atoms with Crippen LogP contribution in [0.4, 0.5) is 0 Å². The Morgan fingerprint density at radius 3 is 2.29 bits per heavy atom. The van der Waals surface area contributed by atoms with Crippen LogP contribution in [0.25, 0.3) is 0 Å². The van der Waals surface area contributed by atoms with E-state index in [9.17, 15) is 8.42 Å². The van der Waals surface area contributed by atoms with Gasteiger partial charge >= 0.3 is 10.1 Å². The molecule has 21 heavy (non-hydrogen) atoms. The molecule has 0 aromatic heterocycles. The molecule has 0 amide bonds. The number of ether oxygens (including phenoxy) is 1. The van der Waals surface area contributed by atoms with Crippen molar-refractivity contribution in [3.63, 3.8) is 0 Å². The van der Waals surface area contributed by atoms with Gasteiger partial charge in [0.05, 0.1) is 11.6 Å². The third-order valence-corrected chi connectivity index (χ3v) is 5.03. The van der Waals surface area contributed by atoms with E-state index in [1.807, 2.05) is 0 Å². The molecule has 0 aliphatic carbocycles. The number of benzene rings is 2. The van der Waals surface area contributed by atoms with Gasteiger partial charge in [0.15, 0.2) is 5.75 Å². The van der Waals surface area contributed by atoms with E-state index in [1.165, 1.54) is 0 Å². The summed E-state index contributed by atoms with van der Waals surface area (Å²) >= 11 is 3.27. The normalized spacial score (nSPS) is 11.2. The molecular weight excluding hydrogens is 356 g/mol. The molecule has 2 aromatic carbocycles. The minimum absolute atomic E-state index is 0.136. The molecule has 0 spiro atoms. The Hall–Kier alpha value is -1.53. The third kappa shape index (κ3) is 3.39. The van der Waals surface area contributed by atoms with Gasteiger partial charge in [-0.05, 0) is 65.2 Å². The first-order valence-electron chi connectivity index (χ1n) is 6.19. The fourth-order valence-electron chi connectivity index (χ4n) is 1.93. The average Bonchev–Trinajstić information content (AvgIpc) is 2.43. The molecule has 0 aliphatic rings. The molecule has 0 fully saturated rings. The summed E-state index contributed by atoms with van der Waals surface area (Å²) in [5, 5.41) is 0. The molecule has 2 rings (SSSR count). The molecule has 2 aromatic rings. The Morgan fingerprint density at radius 1 is 1.00 bits per heavy atom. The van der Waals surface area contributed by atoms with E-state index in [0.29, 0.717) is 15.8 Å². The molecule has 0 heterocycles. The van der Waals surface area contributed by atoms with Crippen LogP contribution in [0.1, 0.15) is 11.1 Å². The quantitative estimate of drug-likeness (QED) is 0.767. The fraction of sp³-hybridized carbons (Fsp3) is 0.200. The highest BCUT2D eigenvalue weighted by Gasteiger charge is 2.22. The van der Waals surface area contributed by atoms with Crippen LogP contribution in [0.3, 0.4) is 0 Å². The van der Waals surface area contributed by atoms with Crippen molar-refractivity contribution in [3.8, 4) is 11.5 Å². The molecule has 0 aliphatic heterocycles. The Morgan fingerprint density at radius 2 is 1.67 bits per heavy atom. The summed E-state index contributed by atoms with van der Waals surface area (Å²) in [7, 11) is -2.35. The van der Waals surface area contributed by atoms with Crippen molar-refractivity contribution < 1.29 is 17.3 Å². The second kappa shape index (κ2) is 6.07. The third-order valence-electron chi connectivity index (χ3n) is 3.00. The van der Waals surface area contributed by atoms with Gasteiger partial charge in [-0.15, -0.1) is 0 Å². The lowest BCUT2D eigenvalue weighted by Gasteiger charge is -2.13. The molecule has 0 N–H and O–H groups in total. The molecule has 4 nitrogen and oxygen atoms in total. The lowest BCUT2D eigenvalue weighted by Crippen LogP contribution is -2.12. The number of halogens is 1. The molecular formula is C15H15BrO4S. The van der Waals surface area contributed by atoms with Crippen molar-refractivity contribution in [2.75, 3.05) is 7.11 Å². The largest absolute Gasteiger partial charge is 0.496 e. The predicted octanol–water partition coefficient (Wildman–Crippen LogP) is 3.84. The van der Waals surface area contributed by atoms with Crippen molar-refractivity contribution in [3.05, 3.63) is 52.0 Å². The predicted molar refractivity (Wildman–Crippen MR) is 84.4 cm³/mol. The van der Waals surface area contributed by atoms with E-state index < -0.39 is 10.1 Å². The van der Waals surface area contributed by atoms with Gasteiger partial charge in [-0.1, -0.05) is 12.1 Å². The van der Waals surface area contributed by atoms with Crippen LogP contribution in [-0.4, -0.2) is 15.5 Å². The molecule has 112 valence electrons. The zero-order valence-corrected chi connectivity index (χ0v) is 14.3. The van der Waals surface area contributed by atoms with Crippen molar-refractivity contribution in [1.29, 1.82) is 0 Å². The van der Waals surface area contributed by atoms with Crippen LogP contribution < -0.4 is 8.92 Å². The Bertz CT molecular complexity index is 769. The van der Waals surface area contributed by atoms with E-state index >= 15 is 0 Å². The minimum Gasteiger partial charge on any atom is -0.496 e. The summed E-state index contributed by atoms with van der Waals surface area (Å²) in [4.78, 5) is 0.136. The number of hydrogen-bond acceptors (Lipinski definition) is 4. The van der Waals surface area contributed by atoms with Gasteiger partial charge in [-0.2, -0.15) is 8.42 Å². The van der Waals surface area contributed by atoms with Crippen molar-refractivity contribution >= 4 is 26.0 Å². The first kappa shape index (κ1) is 15.9. The highest BCUT2D eigenvalue weighted by atomic mass is 79.9. The van der Waals surface area contributed by atoms with Crippen LogP contribution in [0, 0.1) is 13.8 Å². The summed E-state index contributed by atoms with van der Waals surface area (Å²) < 4.78 is 35.9. The maximum Gasteiger partial charge on any atom is 0.339 e. The standard InChI is InChI=1S/C15H15BrO4S/c1-10-9-15(11(2)8-14(10)19-3)21(17,18)20-13-7-5-4-6-12(13)16/h4-9H,1-3H3. The first-order chi connectivity index (χ1) is 9.85. The number of para-hydroxylation sites is 1. The first-order valence-corrected chi connectivity index (χ1v) is 8.39. The van der Waals surface area contributed by atoms with Gasteiger partial charge in [-0.3, -0.25) is 0 Å². The zero-order valence-electron chi connectivity index (χ0n) is 11.9. The molecule has 0 atom stereocenters. The Balaban J connectivity index is 2.45. The summed E-state index contributed by atoms with van der Waals surface area (Å²) in [5.74, 6) is 0.901. The second-order valence-corrected chi connectivity index (χ2v) is 6.92. The van der Waals surface area contributed by atoms with Gasteiger partial charge in [-0.25, -0.2) is 0 Å². The van der Waals surface area contributed by atoms with Gasteiger partial charge in [0.2, 0.25) is 0 Å². The SMILES string of the molecule is COc1cc(C)c(S(=O)(=O)Oc2ccccc2Br)cc1C. The monoisotopic (exact) mass is 370 g/mol. The van der Waals surface area contributed by atoms with Crippen LogP contribution in [-0.2, 0) is 10.1 Å². The highest BCUT2D eigenvalue weighted by Crippen LogP contribution is 2.30. The smallest absolute Gasteiger partial charge is 0.339 e. The summed E-state index contributed by atoms with van der Waals surface area (Å²) in [6.07, 6.45) is 0. The molecule has 0 saturated heterocycles. The van der Waals surface area contributed by atoms with Crippen LogP contribution >= 0.6 is 15.9 Å². The molecule has 0 bridgehead atoms. The van der Waals surface area contributed by atoms with Crippen molar-refractivity contribution in [2.45, 2.75) is 18.7 Å². The van der Waals surface area contributed by atoms with Crippen LogP contribution in [0.2, 0.25) is 0 Å². The summed E-state index contributed by atoms with van der Waals surface area (Å²) in [6, 6.07) is 10.0. The number of methoxy groups -OCH3 is 1. The van der Waals surface area contributed by atoms with Crippen molar-refractivity contribution in [1.82, 2.24) is 0 Å². The summed E-state index contributed by atoms with van der Waals surface area (Å²) in [6.45, 7) is 3.49. The van der Waals surface area contributed by atoms with E-state index in [-0.39, 0.29) is 10.6 Å². The number of hydrogen-bond donors (Lipinski definition) is 0. The average molecular weight is 371 g/mol. The Kier molecular flexibility index (Phi) is 4.58. The maximum absolute atomic E-state index is 12.4. The van der Waals surface area contributed by atoms with Gasteiger partial charge in [0.25, 0.3) is 0 Å². The van der Waals surface area contributed by atoms with Gasteiger partial charge < -0.3 is 8.92 Å². The topological polar surface area (TPSA) is 52.6 Å². The number of aryl methyl sites for hydroxylation is 2. The number of rotatable bonds is 4. The summed E-state index contributed by atoms with van der Waals surface area (Å²) in [5.41, 5.74) is 1.31. The minimum atomic E-state index is -3.90. The van der Waals surface area contributed by atoms with E-state index in [1.54, 1.807) is 57.4 Å². The van der Waals surface area contributed by atoms with E-state index in [2.05, 4.69) is 15.9 Å². The van der Waals surface area contributed by atoms with E-state index in [4.69, 9.17) is 8.92 Å². The fourth-order valence-corrected chi connectivity index (χ4v) is 3.65. The second-order valence-electron chi connectivity index (χ2n) is 4.56. The van der Waals surface area contributed by atoms with Crippen LogP contribution in [0.5, 0.6) is 11.5 Å². The lowest BCUT2D eigenvalue weighted by molar-refractivity contribution is 0.410. The van der Waals surface area contributed by atoms with E-state index in [0.717, 1.165) is 5.56 Å². The van der Waals surface area contributed by atoms with Crippen LogP contribution in [0.15, 0.2) is 45.8 Å².